The Bertz CT molecular complexity index is 3940. The summed E-state index contributed by atoms with van der Waals surface area (Å²) >= 11 is 0. The summed E-state index contributed by atoms with van der Waals surface area (Å²) in [7, 11) is 0. The summed E-state index contributed by atoms with van der Waals surface area (Å²) in [5.74, 6) is 1.86. The molecule has 3 aromatic heterocycles. The van der Waals surface area contributed by atoms with E-state index in [1.807, 2.05) is 18.2 Å². The van der Waals surface area contributed by atoms with Gasteiger partial charge in [0.25, 0.3) is 0 Å². The SMILES string of the molecule is c1ccc(-c2ccc3c(-c4nc(-c5ccccc5)nc(-c5cccc6c5c5ccccc5n6-c5ccccc5)n4)ccc(-n4c5ccccc5c5cc6ccccc6cc54)c3c2)cc1. The molecule has 0 saturated carbocycles. The summed E-state index contributed by atoms with van der Waals surface area (Å²) in [6, 6.07) is 79.8. The third-order valence-corrected chi connectivity index (χ3v) is 12.7. The van der Waals surface area contributed by atoms with E-state index < -0.39 is 0 Å². The summed E-state index contributed by atoms with van der Waals surface area (Å²) in [4.78, 5) is 16.1. The van der Waals surface area contributed by atoms with Crippen molar-refractivity contribution in [1.82, 2.24) is 24.1 Å². The maximum Gasteiger partial charge on any atom is 0.164 e. The molecule has 0 spiro atoms. The highest BCUT2D eigenvalue weighted by molar-refractivity contribution is 6.17. The molecule has 0 unspecified atom stereocenters. The van der Waals surface area contributed by atoms with Crippen LogP contribution in [0, 0.1) is 0 Å². The highest BCUT2D eigenvalue weighted by Crippen LogP contribution is 2.42. The third kappa shape index (κ3) is 5.68. The highest BCUT2D eigenvalue weighted by Gasteiger charge is 2.22. The van der Waals surface area contributed by atoms with Crippen LogP contribution in [-0.2, 0) is 0 Å². The Morgan fingerprint density at radius 3 is 1.64 bits per heavy atom. The minimum Gasteiger partial charge on any atom is -0.309 e. The lowest BCUT2D eigenvalue weighted by atomic mass is 9.96. The van der Waals surface area contributed by atoms with Crippen molar-refractivity contribution in [3.8, 4) is 56.7 Å². The first-order valence-corrected chi connectivity index (χ1v) is 21.7. The second kappa shape index (κ2) is 14.5. The predicted octanol–water partition coefficient (Wildman–Crippen LogP) is 15.0. The van der Waals surface area contributed by atoms with Crippen LogP contribution < -0.4 is 0 Å². The molecule has 0 aliphatic rings. The predicted molar refractivity (Wildman–Crippen MR) is 265 cm³/mol. The molecule has 0 N–H and O–H groups in total. The van der Waals surface area contributed by atoms with E-state index in [-0.39, 0.29) is 0 Å². The van der Waals surface area contributed by atoms with Crippen molar-refractivity contribution < 1.29 is 0 Å². The molecule has 0 atom stereocenters. The minimum absolute atomic E-state index is 0.616. The number of nitrogens with zero attached hydrogens (tertiary/aromatic N) is 5. The molecule has 0 aliphatic carbocycles. The molecule has 5 heteroatoms. The van der Waals surface area contributed by atoms with Crippen molar-refractivity contribution in [2.24, 2.45) is 0 Å². The van der Waals surface area contributed by atoms with Gasteiger partial charge in [0, 0.05) is 49.3 Å². The monoisotopic (exact) mass is 815 g/mol. The van der Waals surface area contributed by atoms with E-state index in [0.717, 1.165) is 82.8 Å². The molecule has 3 heterocycles. The molecule has 0 bridgehead atoms. The lowest BCUT2D eigenvalue weighted by Crippen LogP contribution is -2.02. The molecule has 298 valence electrons. The molecule has 0 radical (unpaired) electrons. The fourth-order valence-corrected chi connectivity index (χ4v) is 9.84. The van der Waals surface area contributed by atoms with E-state index in [4.69, 9.17) is 15.0 Å². The first-order chi connectivity index (χ1) is 31.7. The molecule has 13 aromatic rings. The summed E-state index contributed by atoms with van der Waals surface area (Å²) in [6.45, 7) is 0. The van der Waals surface area contributed by atoms with Crippen molar-refractivity contribution >= 4 is 65.2 Å². The number of rotatable bonds is 6. The van der Waals surface area contributed by atoms with Gasteiger partial charge in [0.2, 0.25) is 0 Å². The summed E-state index contributed by atoms with van der Waals surface area (Å²) in [6.07, 6.45) is 0. The smallest absolute Gasteiger partial charge is 0.164 e. The van der Waals surface area contributed by atoms with Crippen molar-refractivity contribution in [3.63, 3.8) is 0 Å². The maximum atomic E-state index is 5.46. The Morgan fingerprint density at radius 1 is 0.281 bits per heavy atom. The van der Waals surface area contributed by atoms with Crippen molar-refractivity contribution in [3.05, 3.63) is 224 Å². The maximum absolute atomic E-state index is 5.46. The van der Waals surface area contributed by atoms with Gasteiger partial charge in [-0.15, -0.1) is 0 Å². The van der Waals surface area contributed by atoms with Gasteiger partial charge in [0.05, 0.1) is 27.8 Å². The second-order valence-electron chi connectivity index (χ2n) is 16.4. The van der Waals surface area contributed by atoms with Crippen LogP contribution >= 0.6 is 0 Å². The lowest BCUT2D eigenvalue weighted by Gasteiger charge is -2.16. The molecule has 0 saturated heterocycles. The van der Waals surface area contributed by atoms with Gasteiger partial charge in [-0.3, -0.25) is 0 Å². The van der Waals surface area contributed by atoms with Crippen LogP contribution in [0.4, 0.5) is 0 Å². The van der Waals surface area contributed by atoms with Crippen LogP contribution in [0.25, 0.3) is 122 Å². The third-order valence-electron chi connectivity index (χ3n) is 12.7. The molecular weight excluding hydrogens is 779 g/mol. The van der Waals surface area contributed by atoms with E-state index in [2.05, 4.69) is 215 Å². The van der Waals surface area contributed by atoms with Crippen LogP contribution in [-0.4, -0.2) is 24.1 Å². The number of fused-ring (bicyclic) bond motifs is 8. The van der Waals surface area contributed by atoms with Crippen LogP contribution in [0.3, 0.4) is 0 Å². The van der Waals surface area contributed by atoms with Crippen LogP contribution in [0.1, 0.15) is 0 Å². The number of benzene rings is 10. The van der Waals surface area contributed by atoms with Gasteiger partial charge < -0.3 is 9.13 Å². The molecule has 0 fully saturated rings. The summed E-state index contributed by atoms with van der Waals surface area (Å²) in [5, 5.41) is 9.28. The van der Waals surface area contributed by atoms with Crippen molar-refractivity contribution in [2.75, 3.05) is 0 Å². The van der Waals surface area contributed by atoms with Gasteiger partial charge in [-0.05, 0) is 87.9 Å². The molecule has 10 aromatic carbocycles. The Kier molecular flexibility index (Phi) is 8.15. The number of aromatic nitrogens is 5. The van der Waals surface area contributed by atoms with Gasteiger partial charge in [-0.1, -0.05) is 164 Å². The van der Waals surface area contributed by atoms with Gasteiger partial charge in [0.1, 0.15) is 0 Å². The fraction of sp³-hybridized carbons (Fsp3) is 0. The van der Waals surface area contributed by atoms with Gasteiger partial charge in [-0.2, -0.15) is 0 Å². The van der Waals surface area contributed by atoms with Crippen LogP contribution in [0.2, 0.25) is 0 Å². The Hall–Kier alpha value is -8.67. The normalized spacial score (nSPS) is 11.8. The zero-order chi connectivity index (χ0) is 42.1. The Balaban J connectivity index is 1.10. The molecule has 64 heavy (non-hydrogen) atoms. The van der Waals surface area contributed by atoms with E-state index >= 15 is 0 Å². The summed E-state index contributed by atoms with van der Waals surface area (Å²) in [5.41, 5.74) is 11.8. The fourth-order valence-electron chi connectivity index (χ4n) is 9.84. The van der Waals surface area contributed by atoms with Crippen molar-refractivity contribution in [2.45, 2.75) is 0 Å². The zero-order valence-corrected chi connectivity index (χ0v) is 34.6. The number of hydrogen-bond acceptors (Lipinski definition) is 3. The highest BCUT2D eigenvalue weighted by atomic mass is 15.0. The quantitative estimate of drug-likeness (QED) is 0.168. The van der Waals surface area contributed by atoms with E-state index in [1.54, 1.807) is 0 Å². The van der Waals surface area contributed by atoms with Gasteiger partial charge in [-0.25, -0.2) is 15.0 Å². The molecule has 5 nitrogen and oxygen atoms in total. The molecule has 0 amide bonds. The van der Waals surface area contributed by atoms with Gasteiger partial charge >= 0.3 is 0 Å². The average Bonchev–Trinajstić information content (AvgIpc) is 3.88. The largest absolute Gasteiger partial charge is 0.309 e. The summed E-state index contributed by atoms with van der Waals surface area (Å²) < 4.78 is 4.78. The van der Waals surface area contributed by atoms with E-state index in [9.17, 15) is 0 Å². The van der Waals surface area contributed by atoms with Crippen molar-refractivity contribution in [1.29, 1.82) is 0 Å². The number of hydrogen-bond donors (Lipinski definition) is 0. The van der Waals surface area contributed by atoms with Gasteiger partial charge in [0.15, 0.2) is 17.5 Å². The van der Waals surface area contributed by atoms with E-state index in [0.29, 0.717) is 17.5 Å². The average molecular weight is 816 g/mol. The Labute approximate surface area is 368 Å². The first-order valence-electron chi connectivity index (χ1n) is 21.7. The standard InChI is InChI=1S/C59H37N5/c1-4-17-38(18-5-1)42-31-32-44-46(33-34-53(49(44)36-42)64-51-28-14-12-25-45(51)50-35-40-21-10-11-22-41(40)37-55(50)64)58-60-57(39-19-6-2-7-20-39)61-59(62-58)48-27-16-30-54-56(48)47-26-13-15-29-52(47)63(54)43-23-8-3-9-24-43/h1-37H. The molecule has 13 rings (SSSR count). The molecular formula is C59H37N5. The van der Waals surface area contributed by atoms with E-state index in [1.165, 1.54) is 21.5 Å². The lowest BCUT2D eigenvalue weighted by molar-refractivity contribution is 1.08. The Morgan fingerprint density at radius 2 is 0.875 bits per heavy atom. The minimum atomic E-state index is 0.616. The topological polar surface area (TPSA) is 48.5 Å². The zero-order valence-electron chi connectivity index (χ0n) is 34.6. The second-order valence-corrected chi connectivity index (χ2v) is 16.4. The number of para-hydroxylation sites is 3. The van der Waals surface area contributed by atoms with Crippen LogP contribution in [0.5, 0.6) is 0 Å². The first kappa shape index (κ1) is 36.0. The molecule has 0 aliphatic heterocycles. The van der Waals surface area contributed by atoms with Crippen LogP contribution in [0.15, 0.2) is 224 Å².